The van der Waals surface area contributed by atoms with Gasteiger partial charge in [0.25, 0.3) is 5.91 Å². The quantitative estimate of drug-likeness (QED) is 0.558. The number of nitrogens with zero attached hydrogens (tertiary/aromatic N) is 2. The van der Waals surface area contributed by atoms with Crippen LogP contribution in [0.3, 0.4) is 0 Å². The Morgan fingerprint density at radius 1 is 1.00 bits per heavy atom. The molecule has 1 aromatic heterocycles. The minimum atomic E-state index is -0.0918. The average molecular weight is 457 g/mol. The number of carbonyl (C=O) groups excluding carboxylic acids is 1. The van der Waals surface area contributed by atoms with Gasteiger partial charge >= 0.3 is 0 Å². The summed E-state index contributed by atoms with van der Waals surface area (Å²) in [6.07, 6.45) is 7.44. The topological polar surface area (TPSA) is 45.2 Å². The van der Waals surface area contributed by atoms with E-state index >= 15 is 0 Å². The van der Waals surface area contributed by atoms with Crippen LogP contribution in [-0.4, -0.2) is 24.0 Å². The van der Waals surface area contributed by atoms with Crippen LogP contribution in [0.2, 0.25) is 0 Å². The first-order valence-electron chi connectivity index (χ1n) is 8.91. The lowest BCUT2D eigenvalue weighted by molar-refractivity contribution is 0.102. The molecule has 3 aromatic rings. The molecule has 1 amide bonds. The van der Waals surface area contributed by atoms with Gasteiger partial charge in [-0.2, -0.15) is 0 Å². The van der Waals surface area contributed by atoms with Crippen molar-refractivity contribution in [3.63, 3.8) is 0 Å². The van der Waals surface area contributed by atoms with Crippen LogP contribution >= 0.6 is 22.6 Å². The Morgan fingerprint density at radius 3 is 2.62 bits per heavy atom. The Bertz CT molecular complexity index is 951. The zero-order chi connectivity index (χ0) is 17.9. The summed E-state index contributed by atoms with van der Waals surface area (Å²) in [7, 11) is 0. The summed E-state index contributed by atoms with van der Waals surface area (Å²) in [5.74, 6) is -0.0918. The van der Waals surface area contributed by atoms with Gasteiger partial charge in [0.15, 0.2) is 0 Å². The lowest BCUT2D eigenvalue weighted by Crippen LogP contribution is -2.29. The van der Waals surface area contributed by atoms with E-state index in [1.807, 2.05) is 48.8 Å². The minimum absolute atomic E-state index is 0.0918. The fourth-order valence-corrected chi connectivity index (χ4v) is 4.16. The highest BCUT2D eigenvalue weighted by molar-refractivity contribution is 14.1. The van der Waals surface area contributed by atoms with E-state index in [1.54, 1.807) is 0 Å². The van der Waals surface area contributed by atoms with Crippen LogP contribution in [0.15, 0.2) is 54.9 Å². The summed E-state index contributed by atoms with van der Waals surface area (Å²) in [6, 6.07) is 13.8. The highest BCUT2D eigenvalue weighted by atomic mass is 127. The van der Waals surface area contributed by atoms with Gasteiger partial charge < -0.3 is 10.2 Å². The van der Waals surface area contributed by atoms with Crippen molar-refractivity contribution in [2.24, 2.45) is 0 Å². The number of fused-ring (bicyclic) bond motifs is 1. The molecule has 4 rings (SSSR count). The van der Waals surface area contributed by atoms with E-state index in [1.165, 1.54) is 24.9 Å². The second-order valence-corrected chi connectivity index (χ2v) is 7.70. The van der Waals surface area contributed by atoms with Crippen LogP contribution in [0.4, 0.5) is 11.4 Å². The molecule has 0 atom stereocenters. The molecule has 1 aliphatic rings. The van der Waals surface area contributed by atoms with E-state index in [-0.39, 0.29) is 5.91 Å². The molecule has 1 saturated heterocycles. The zero-order valence-electron chi connectivity index (χ0n) is 14.4. The van der Waals surface area contributed by atoms with Crippen molar-refractivity contribution in [3.8, 4) is 0 Å². The smallest absolute Gasteiger partial charge is 0.256 e. The first-order chi connectivity index (χ1) is 12.7. The molecule has 1 fully saturated rings. The van der Waals surface area contributed by atoms with Gasteiger partial charge in [0.05, 0.1) is 11.3 Å². The van der Waals surface area contributed by atoms with E-state index in [2.05, 4.69) is 43.9 Å². The van der Waals surface area contributed by atoms with Crippen molar-refractivity contribution in [3.05, 3.63) is 64.0 Å². The standard InChI is InChI=1S/C21H20IN3O/c22-18-7-3-2-6-16(18)21(26)24-19-8-9-20(25-12-4-1-5-13-25)15-10-11-23-14-17(15)19/h2-3,6-11,14H,1,4-5,12-13H2,(H,24,26). The van der Waals surface area contributed by atoms with Crippen LogP contribution in [-0.2, 0) is 0 Å². The molecule has 4 nitrogen and oxygen atoms in total. The number of rotatable bonds is 3. The molecule has 0 unspecified atom stereocenters. The van der Waals surface area contributed by atoms with E-state index < -0.39 is 0 Å². The van der Waals surface area contributed by atoms with Gasteiger partial charge in [0.1, 0.15) is 0 Å². The van der Waals surface area contributed by atoms with Crippen molar-refractivity contribution in [1.29, 1.82) is 0 Å². The van der Waals surface area contributed by atoms with Crippen molar-refractivity contribution < 1.29 is 4.79 Å². The molecule has 2 heterocycles. The molecule has 0 spiro atoms. The Labute approximate surface area is 166 Å². The summed E-state index contributed by atoms with van der Waals surface area (Å²) >= 11 is 2.19. The number of halogens is 1. The molecule has 0 aliphatic carbocycles. The molecular formula is C21H20IN3O. The van der Waals surface area contributed by atoms with Crippen molar-refractivity contribution in [2.45, 2.75) is 19.3 Å². The number of nitrogens with one attached hydrogen (secondary N) is 1. The Hall–Kier alpha value is -2.15. The first kappa shape index (κ1) is 17.3. The van der Waals surface area contributed by atoms with Crippen LogP contribution in [0.5, 0.6) is 0 Å². The SMILES string of the molecule is O=C(Nc1ccc(N2CCCCC2)c2ccncc12)c1ccccc1I. The third-order valence-corrected chi connectivity index (χ3v) is 5.80. The minimum Gasteiger partial charge on any atom is -0.371 e. The summed E-state index contributed by atoms with van der Waals surface area (Å²) in [5, 5.41) is 5.19. The van der Waals surface area contributed by atoms with Crippen molar-refractivity contribution >= 4 is 50.6 Å². The van der Waals surface area contributed by atoms with Gasteiger partial charge in [-0.25, -0.2) is 0 Å². The summed E-state index contributed by atoms with van der Waals surface area (Å²) in [5.41, 5.74) is 2.72. The van der Waals surface area contributed by atoms with Gasteiger partial charge in [-0.05, 0) is 72.2 Å². The fourth-order valence-electron chi connectivity index (χ4n) is 3.53. The fraction of sp³-hybridized carbons (Fsp3) is 0.238. The number of hydrogen-bond acceptors (Lipinski definition) is 3. The maximum Gasteiger partial charge on any atom is 0.256 e. The molecule has 26 heavy (non-hydrogen) atoms. The van der Waals surface area contributed by atoms with Crippen LogP contribution in [0.25, 0.3) is 10.8 Å². The number of amides is 1. The molecule has 0 saturated carbocycles. The number of carbonyl (C=O) groups is 1. The molecule has 132 valence electrons. The summed E-state index contributed by atoms with van der Waals surface area (Å²) < 4.78 is 0.940. The van der Waals surface area contributed by atoms with Gasteiger partial charge in [-0.1, -0.05) is 12.1 Å². The predicted octanol–water partition coefficient (Wildman–Crippen LogP) is 5.08. The normalized spacial score (nSPS) is 14.4. The lowest BCUT2D eigenvalue weighted by Gasteiger charge is -2.30. The van der Waals surface area contributed by atoms with Crippen LogP contribution in [0, 0.1) is 3.57 Å². The van der Waals surface area contributed by atoms with Gasteiger partial charge in [-0.3, -0.25) is 9.78 Å². The second kappa shape index (κ2) is 7.61. The number of hydrogen-bond donors (Lipinski definition) is 1. The molecule has 5 heteroatoms. The Kier molecular flexibility index (Phi) is 5.06. The largest absolute Gasteiger partial charge is 0.371 e. The number of aromatic nitrogens is 1. The highest BCUT2D eigenvalue weighted by Gasteiger charge is 2.17. The van der Waals surface area contributed by atoms with Crippen LogP contribution < -0.4 is 10.2 Å². The Balaban J connectivity index is 1.70. The molecular weight excluding hydrogens is 437 g/mol. The highest BCUT2D eigenvalue weighted by Crippen LogP contribution is 2.33. The van der Waals surface area contributed by atoms with Crippen molar-refractivity contribution in [1.82, 2.24) is 4.98 Å². The molecule has 0 radical (unpaired) electrons. The summed E-state index contributed by atoms with van der Waals surface area (Å²) in [6.45, 7) is 2.18. The van der Waals surface area contributed by atoms with Gasteiger partial charge in [0.2, 0.25) is 0 Å². The maximum absolute atomic E-state index is 12.7. The molecule has 1 aliphatic heterocycles. The number of benzene rings is 2. The Morgan fingerprint density at radius 2 is 1.81 bits per heavy atom. The zero-order valence-corrected chi connectivity index (χ0v) is 16.6. The number of piperidine rings is 1. The van der Waals surface area contributed by atoms with Crippen LogP contribution in [0.1, 0.15) is 29.6 Å². The van der Waals surface area contributed by atoms with E-state index in [0.717, 1.165) is 33.1 Å². The maximum atomic E-state index is 12.7. The molecule has 1 N–H and O–H groups in total. The second-order valence-electron chi connectivity index (χ2n) is 6.54. The van der Waals surface area contributed by atoms with Gasteiger partial charge in [-0.15, -0.1) is 0 Å². The molecule has 2 aromatic carbocycles. The summed E-state index contributed by atoms with van der Waals surface area (Å²) in [4.78, 5) is 19.4. The third-order valence-electron chi connectivity index (χ3n) is 4.86. The number of anilines is 2. The van der Waals surface area contributed by atoms with E-state index in [4.69, 9.17) is 0 Å². The van der Waals surface area contributed by atoms with E-state index in [9.17, 15) is 4.79 Å². The average Bonchev–Trinajstić information content (AvgIpc) is 2.69. The predicted molar refractivity (Wildman–Crippen MR) is 115 cm³/mol. The van der Waals surface area contributed by atoms with Crippen molar-refractivity contribution in [2.75, 3.05) is 23.3 Å². The number of pyridine rings is 1. The molecule has 0 bridgehead atoms. The van der Waals surface area contributed by atoms with Gasteiger partial charge in [0, 0.05) is 45.5 Å². The monoisotopic (exact) mass is 457 g/mol. The lowest BCUT2D eigenvalue weighted by atomic mass is 10.0. The third kappa shape index (κ3) is 3.40. The van der Waals surface area contributed by atoms with E-state index in [0.29, 0.717) is 5.56 Å². The first-order valence-corrected chi connectivity index (χ1v) is 9.99.